The molecular formula is C11H15F3N2O2. The normalized spacial score (nSPS) is 11.9. The number of ether oxygens (including phenoxy) is 1. The first-order valence-corrected chi connectivity index (χ1v) is 5.34. The fourth-order valence-electron chi connectivity index (χ4n) is 1.58. The van der Waals surface area contributed by atoms with Crippen LogP contribution in [0.25, 0.3) is 0 Å². The molecule has 1 N–H and O–H groups in total. The summed E-state index contributed by atoms with van der Waals surface area (Å²) in [7, 11) is 1.41. The van der Waals surface area contributed by atoms with Crippen LogP contribution in [0, 0.1) is 0 Å². The van der Waals surface area contributed by atoms with Gasteiger partial charge in [0.2, 0.25) is 5.88 Å². The summed E-state index contributed by atoms with van der Waals surface area (Å²) < 4.78 is 42.0. The molecule has 0 saturated heterocycles. The lowest BCUT2D eigenvalue weighted by Gasteiger charge is -2.23. The van der Waals surface area contributed by atoms with Crippen LogP contribution in [0.15, 0.2) is 18.3 Å². The Hall–Kier alpha value is -1.34. The van der Waals surface area contributed by atoms with Crippen LogP contribution in [0.5, 0.6) is 5.88 Å². The Morgan fingerprint density at radius 2 is 2.17 bits per heavy atom. The van der Waals surface area contributed by atoms with Crippen molar-refractivity contribution in [1.29, 1.82) is 0 Å². The number of rotatable bonds is 6. The van der Waals surface area contributed by atoms with Gasteiger partial charge in [0.25, 0.3) is 0 Å². The van der Waals surface area contributed by atoms with Gasteiger partial charge in [0.15, 0.2) is 0 Å². The maximum absolute atomic E-state index is 12.3. The molecule has 0 saturated carbocycles. The van der Waals surface area contributed by atoms with Gasteiger partial charge in [-0.3, -0.25) is 4.90 Å². The summed E-state index contributed by atoms with van der Waals surface area (Å²) in [6.45, 7) is -1.45. The summed E-state index contributed by atoms with van der Waals surface area (Å²) in [5.74, 6) is 0.294. The largest absolute Gasteiger partial charge is 0.481 e. The summed E-state index contributed by atoms with van der Waals surface area (Å²) >= 11 is 0. The highest BCUT2D eigenvalue weighted by atomic mass is 19.4. The maximum atomic E-state index is 12.3. The molecule has 1 aromatic rings. The predicted octanol–water partition coefficient (Wildman–Crippen LogP) is 1.45. The van der Waals surface area contributed by atoms with Gasteiger partial charge >= 0.3 is 6.18 Å². The molecule has 4 nitrogen and oxygen atoms in total. The molecule has 0 radical (unpaired) electrons. The molecule has 102 valence electrons. The Labute approximate surface area is 103 Å². The number of nitrogens with zero attached hydrogens (tertiary/aromatic N) is 2. The molecule has 0 atom stereocenters. The van der Waals surface area contributed by atoms with Crippen molar-refractivity contribution in [2.24, 2.45) is 0 Å². The maximum Gasteiger partial charge on any atom is 0.401 e. The molecule has 0 aromatic carbocycles. The third kappa shape index (κ3) is 4.89. The van der Waals surface area contributed by atoms with Crippen molar-refractivity contribution < 1.29 is 23.0 Å². The fraction of sp³-hybridized carbons (Fsp3) is 0.545. The summed E-state index contributed by atoms with van der Waals surface area (Å²) in [6, 6.07) is 3.27. The third-order valence-corrected chi connectivity index (χ3v) is 2.26. The monoisotopic (exact) mass is 264 g/mol. The van der Waals surface area contributed by atoms with Crippen molar-refractivity contribution in [1.82, 2.24) is 9.88 Å². The van der Waals surface area contributed by atoms with Gasteiger partial charge in [-0.2, -0.15) is 13.2 Å². The minimum atomic E-state index is -4.30. The first kappa shape index (κ1) is 14.7. The van der Waals surface area contributed by atoms with Crippen molar-refractivity contribution in [2.75, 3.05) is 26.8 Å². The van der Waals surface area contributed by atoms with Crippen molar-refractivity contribution in [3.63, 3.8) is 0 Å². The SMILES string of the molecule is COc1ncccc1CN(CCO)CC(F)(F)F. The molecule has 7 heteroatoms. The number of pyridine rings is 1. The molecule has 1 aromatic heterocycles. The molecular weight excluding hydrogens is 249 g/mol. The van der Waals surface area contributed by atoms with Gasteiger partial charge in [0.1, 0.15) is 0 Å². The van der Waals surface area contributed by atoms with E-state index in [9.17, 15) is 13.2 Å². The zero-order valence-electron chi connectivity index (χ0n) is 9.94. The van der Waals surface area contributed by atoms with Gasteiger partial charge in [-0.1, -0.05) is 6.07 Å². The molecule has 18 heavy (non-hydrogen) atoms. The first-order valence-electron chi connectivity index (χ1n) is 5.34. The number of alkyl halides is 3. The zero-order chi connectivity index (χ0) is 13.6. The van der Waals surface area contributed by atoms with Gasteiger partial charge in [-0.15, -0.1) is 0 Å². The van der Waals surface area contributed by atoms with Gasteiger partial charge in [0, 0.05) is 24.8 Å². The molecule has 0 spiro atoms. The summed E-state index contributed by atoms with van der Waals surface area (Å²) in [5.41, 5.74) is 0.553. The summed E-state index contributed by atoms with van der Waals surface area (Å²) in [6.07, 6.45) is -2.80. The second-order valence-electron chi connectivity index (χ2n) is 3.72. The van der Waals surface area contributed by atoms with Gasteiger partial charge in [0.05, 0.1) is 20.3 Å². The number of aliphatic hydroxyl groups is 1. The van der Waals surface area contributed by atoms with E-state index in [0.717, 1.165) is 4.90 Å². The van der Waals surface area contributed by atoms with E-state index >= 15 is 0 Å². The van der Waals surface area contributed by atoms with E-state index in [4.69, 9.17) is 9.84 Å². The van der Waals surface area contributed by atoms with Crippen LogP contribution in [0.1, 0.15) is 5.56 Å². The Bertz CT molecular complexity index is 372. The molecule has 0 fully saturated rings. The van der Waals surface area contributed by atoms with E-state index in [0.29, 0.717) is 11.4 Å². The average Bonchev–Trinajstić information content (AvgIpc) is 2.28. The van der Waals surface area contributed by atoms with E-state index in [1.165, 1.54) is 13.3 Å². The molecule has 0 aliphatic rings. The van der Waals surface area contributed by atoms with Crippen LogP contribution in [-0.4, -0.2) is 48.0 Å². The average molecular weight is 264 g/mol. The summed E-state index contributed by atoms with van der Waals surface area (Å²) in [5, 5.41) is 8.78. The Morgan fingerprint density at radius 3 is 2.72 bits per heavy atom. The molecule has 1 rings (SSSR count). The quantitative estimate of drug-likeness (QED) is 0.844. The first-order chi connectivity index (χ1) is 8.46. The molecule has 0 bridgehead atoms. The lowest BCUT2D eigenvalue weighted by atomic mass is 10.2. The second kappa shape index (κ2) is 6.55. The minimum absolute atomic E-state index is 0.0249. The van der Waals surface area contributed by atoms with Crippen molar-refractivity contribution in [3.8, 4) is 5.88 Å². The van der Waals surface area contributed by atoms with Crippen LogP contribution >= 0.6 is 0 Å². The van der Waals surface area contributed by atoms with E-state index < -0.39 is 12.7 Å². The highest BCUT2D eigenvalue weighted by Gasteiger charge is 2.30. The van der Waals surface area contributed by atoms with Gasteiger partial charge in [-0.05, 0) is 6.07 Å². The minimum Gasteiger partial charge on any atom is -0.481 e. The standard InChI is InChI=1S/C11H15F3N2O2/c1-18-10-9(3-2-4-15-10)7-16(5-6-17)8-11(12,13)14/h2-4,17H,5-8H2,1H3. The van der Waals surface area contributed by atoms with Gasteiger partial charge < -0.3 is 9.84 Å². The molecule has 0 aliphatic carbocycles. The van der Waals surface area contributed by atoms with Crippen molar-refractivity contribution in [3.05, 3.63) is 23.9 Å². The van der Waals surface area contributed by atoms with E-state index in [-0.39, 0.29) is 19.7 Å². The van der Waals surface area contributed by atoms with Crippen LogP contribution in [0.4, 0.5) is 13.2 Å². The predicted molar refractivity (Wildman–Crippen MR) is 59.2 cm³/mol. The van der Waals surface area contributed by atoms with Crippen LogP contribution in [0.2, 0.25) is 0 Å². The Morgan fingerprint density at radius 1 is 1.44 bits per heavy atom. The molecule has 0 aliphatic heterocycles. The van der Waals surface area contributed by atoms with E-state index in [2.05, 4.69) is 4.98 Å². The summed E-state index contributed by atoms with van der Waals surface area (Å²) in [4.78, 5) is 5.01. The Kier molecular flexibility index (Phi) is 5.36. The Balaban J connectivity index is 2.76. The van der Waals surface area contributed by atoms with Crippen molar-refractivity contribution in [2.45, 2.75) is 12.7 Å². The third-order valence-electron chi connectivity index (χ3n) is 2.26. The van der Waals surface area contributed by atoms with Crippen LogP contribution in [-0.2, 0) is 6.54 Å². The fourth-order valence-corrected chi connectivity index (χ4v) is 1.58. The highest BCUT2D eigenvalue weighted by molar-refractivity contribution is 5.25. The van der Waals surface area contributed by atoms with Gasteiger partial charge in [-0.25, -0.2) is 4.98 Å². The topological polar surface area (TPSA) is 45.6 Å². The number of methoxy groups -OCH3 is 1. The molecule has 0 unspecified atom stereocenters. The van der Waals surface area contributed by atoms with E-state index in [1.54, 1.807) is 12.1 Å². The smallest absolute Gasteiger partial charge is 0.401 e. The lowest BCUT2D eigenvalue weighted by Crippen LogP contribution is -2.35. The molecule has 1 heterocycles. The van der Waals surface area contributed by atoms with E-state index in [1.807, 2.05) is 0 Å². The lowest BCUT2D eigenvalue weighted by molar-refractivity contribution is -0.148. The van der Waals surface area contributed by atoms with Crippen LogP contribution in [0.3, 0.4) is 0 Å². The number of hydrogen-bond acceptors (Lipinski definition) is 4. The molecule has 0 amide bonds. The number of aromatic nitrogens is 1. The second-order valence-corrected chi connectivity index (χ2v) is 3.72. The van der Waals surface area contributed by atoms with Crippen molar-refractivity contribution >= 4 is 0 Å². The number of hydrogen-bond donors (Lipinski definition) is 1. The number of halogens is 3. The number of aliphatic hydroxyl groups excluding tert-OH is 1. The highest BCUT2D eigenvalue weighted by Crippen LogP contribution is 2.20. The zero-order valence-corrected chi connectivity index (χ0v) is 9.94. The van der Waals surface area contributed by atoms with Crippen LogP contribution < -0.4 is 4.74 Å².